The van der Waals surface area contributed by atoms with Gasteiger partial charge in [0.2, 0.25) is 0 Å². The van der Waals surface area contributed by atoms with E-state index in [1.165, 1.54) is 12.1 Å². The van der Waals surface area contributed by atoms with Gasteiger partial charge in [-0.25, -0.2) is 4.39 Å². The molecule has 1 heterocycles. The Morgan fingerprint density at radius 2 is 1.39 bits per heavy atom. The zero-order valence-corrected chi connectivity index (χ0v) is 18.5. The lowest BCUT2D eigenvalue weighted by molar-refractivity contribution is 0.0535. The summed E-state index contributed by atoms with van der Waals surface area (Å²) in [5, 5.41) is 2.95. The van der Waals surface area contributed by atoms with Crippen molar-refractivity contribution in [3.05, 3.63) is 70.0 Å². The Morgan fingerprint density at radius 1 is 0.871 bits per heavy atom. The molecule has 0 aromatic heterocycles. The summed E-state index contributed by atoms with van der Waals surface area (Å²) < 4.78 is 13.2. The number of nitrogens with one attached hydrogen (secondary N) is 1. The topological polar surface area (TPSA) is 69.7 Å². The molecule has 2 aromatic carbocycles. The maximum Gasteiger partial charge on any atom is 0.255 e. The number of rotatable bonds is 3. The van der Waals surface area contributed by atoms with Crippen LogP contribution >= 0.6 is 11.6 Å². The summed E-state index contributed by atoms with van der Waals surface area (Å²) in [6, 6.07) is 10.2. The Bertz CT molecular complexity index is 994. The molecule has 6 nitrogen and oxygen atoms in total. The molecule has 164 valence electrons. The van der Waals surface area contributed by atoms with Crippen LogP contribution in [0.3, 0.4) is 0 Å². The van der Waals surface area contributed by atoms with Gasteiger partial charge in [-0.2, -0.15) is 0 Å². The third-order valence-corrected chi connectivity index (χ3v) is 5.21. The molecule has 0 saturated carbocycles. The molecule has 8 heteroatoms. The van der Waals surface area contributed by atoms with Gasteiger partial charge >= 0.3 is 0 Å². The van der Waals surface area contributed by atoms with Crippen molar-refractivity contribution in [2.75, 3.05) is 26.2 Å². The molecule has 31 heavy (non-hydrogen) atoms. The lowest BCUT2D eigenvalue weighted by Crippen LogP contribution is -2.50. The van der Waals surface area contributed by atoms with Crippen molar-refractivity contribution in [1.29, 1.82) is 0 Å². The normalized spacial score (nSPS) is 14.4. The minimum Gasteiger partial charge on any atom is -0.347 e. The first-order valence-corrected chi connectivity index (χ1v) is 10.4. The fraction of sp³-hybridized carbons (Fsp3) is 0.348. The summed E-state index contributed by atoms with van der Waals surface area (Å²) in [6.45, 7) is 7.14. The van der Waals surface area contributed by atoms with E-state index in [0.717, 1.165) is 6.07 Å². The molecular weight excluding hydrogens is 421 g/mol. The number of benzene rings is 2. The zero-order chi connectivity index (χ0) is 22.8. The van der Waals surface area contributed by atoms with Gasteiger partial charge in [0.15, 0.2) is 0 Å². The minimum atomic E-state index is -0.501. The van der Waals surface area contributed by atoms with E-state index >= 15 is 0 Å². The second kappa shape index (κ2) is 9.06. The predicted octanol–water partition coefficient (Wildman–Crippen LogP) is 3.61. The Balaban J connectivity index is 1.60. The fourth-order valence-corrected chi connectivity index (χ4v) is 3.55. The van der Waals surface area contributed by atoms with Crippen molar-refractivity contribution in [2.24, 2.45) is 0 Å². The SMILES string of the molecule is CC(C)(C)NC(=O)c1ccc(C(=O)N2CCN(C(=O)c3ccc(F)cc3Cl)CC2)cc1. The Kier molecular flexibility index (Phi) is 6.65. The number of amides is 3. The van der Waals surface area contributed by atoms with Crippen molar-refractivity contribution in [1.82, 2.24) is 15.1 Å². The van der Waals surface area contributed by atoms with Crippen LogP contribution < -0.4 is 5.32 Å². The van der Waals surface area contributed by atoms with Crippen molar-refractivity contribution in [3.8, 4) is 0 Å². The first-order valence-electron chi connectivity index (χ1n) is 10.0. The molecule has 1 aliphatic heterocycles. The summed E-state index contributed by atoms with van der Waals surface area (Å²) in [5.41, 5.74) is 0.861. The Labute approximate surface area is 186 Å². The van der Waals surface area contributed by atoms with Crippen LogP contribution in [-0.4, -0.2) is 59.2 Å². The first kappa shape index (κ1) is 22.7. The van der Waals surface area contributed by atoms with E-state index in [1.54, 1.807) is 34.1 Å². The van der Waals surface area contributed by atoms with Crippen molar-refractivity contribution in [3.63, 3.8) is 0 Å². The monoisotopic (exact) mass is 445 g/mol. The second-order valence-corrected chi connectivity index (χ2v) is 8.90. The predicted molar refractivity (Wildman–Crippen MR) is 117 cm³/mol. The number of piperazine rings is 1. The average molecular weight is 446 g/mol. The van der Waals surface area contributed by atoms with Gasteiger partial charge in [-0.15, -0.1) is 0 Å². The summed E-state index contributed by atoms with van der Waals surface area (Å²) in [4.78, 5) is 41.0. The molecule has 0 radical (unpaired) electrons. The summed E-state index contributed by atoms with van der Waals surface area (Å²) in [7, 11) is 0. The second-order valence-electron chi connectivity index (χ2n) is 8.49. The van der Waals surface area contributed by atoms with Gasteiger partial charge in [0, 0.05) is 42.8 Å². The molecule has 0 aliphatic carbocycles. The third-order valence-electron chi connectivity index (χ3n) is 4.90. The number of nitrogens with zero attached hydrogens (tertiary/aromatic N) is 2. The van der Waals surface area contributed by atoms with Crippen molar-refractivity contribution >= 4 is 29.3 Å². The van der Waals surface area contributed by atoms with Crippen molar-refractivity contribution in [2.45, 2.75) is 26.3 Å². The summed E-state index contributed by atoms with van der Waals surface area (Å²) in [5.74, 6) is -1.14. The number of hydrogen-bond acceptors (Lipinski definition) is 3. The van der Waals surface area contributed by atoms with Gasteiger partial charge in [0.1, 0.15) is 5.82 Å². The van der Waals surface area contributed by atoms with Crippen LogP contribution in [-0.2, 0) is 0 Å². The van der Waals surface area contributed by atoms with E-state index in [-0.39, 0.29) is 33.8 Å². The van der Waals surface area contributed by atoms with Crippen LogP contribution in [0.2, 0.25) is 5.02 Å². The lowest BCUT2D eigenvalue weighted by atomic mass is 10.1. The number of hydrogen-bond donors (Lipinski definition) is 1. The molecule has 1 saturated heterocycles. The maximum absolute atomic E-state index is 13.2. The first-order chi connectivity index (χ1) is 14.5. The van der Waals surface area contributed by atoms with Gasteiger partial charge in [-0.1, -0.05) is 11.6 Å². The van der Waals surface area contributed by atoms with Crippen molar-refractivity contribution < 1.29 is 18.8 Å². The fourth-order valence-electron chi connectivity index (χ4n) is 3.31. The van der Waals surface area contributed by atoms with Gasteiger partial charge in [0.25, 0.3) is 17.7 Å². The van der Waals surface area contributed by atoms with Crippen LogP contribution in [0.25, 0.3) is 0 Å². The highest BCUT2D eigenvalue weighted by Crippen LogP contribution is 2.20. The molecule has 2 aromatic rings. The number of carbonyl (C=O) groups excluding carboxylic acids is 3. The zero-order valence-electron chi connectivity index (χ0n) is 17.7. The van der Waals surface area contributed by atoms with E-state index in [2.05, 4.69) is 5.32 Å². The standard InChI is InChI=1S/C23H25ClFN3O3/c1-23(2,3)26-20(29)15-4-6-16(7-5-15)21(30)27-10-12-28(13-11-27)22(31)18-9-8-17(25)14-19(18)24/h4-9,14H,10-13H2,1-3H3,(H,26,29). The minimum absolute atomic E-state index is 0.0686. The summed E-state index contributed by atoms with van der Waals surface area (Å²) >= 11 is 5.99. The van der Waals surface area contributed by atoms with E-state index in [0.29, 0.717) is 37.3 Å². The van der Waals surface area contributed by atoms with E-state index in [1.807, 2.05) is 20.8 Å². The average Bonchev–Trinajstić information content (AvgIpc) is 2.72. The quantitative estimate of drug-likeness (QED) is 0.784. The largest absolute Gasteiger partial charge is 0.347 e. The van der Waals surface area contributed by atoms with Crippen LogP contribution in [0.15, 0.2) is 42.5 Å². The molecule has 1 aliphatic rings. The van der Waals surface area contributed by atoms with E-state index < -0.39 is 5.82 Å². The van der Waals surface area contributed by atoms with Crippen LogP contribution in [0, 0.1) is 5.82 Å². The van der Waals surface area contributed by atoms with Gasteiger partial charge < -0.3 is 15.1 Å². The molecule has 0 spiro atoms. The van der Waals surface area contributed by atoms with Gasteiger partial charge in [0.05, 0.1) is 10.6 Å². The number of carbonyl (C=O) groups is 3. The highest BCUT2D eigenvalue weighted by Gasteiger charge is 2.27. The number of halogens is 2. The molecule has 0 bridgehead atoms. The van der Waals surface area contributed by atoms with Gasteiger partial charge in [-0.3, -0.25) is 14.4 Å². The van der Waals surface area contributed by atoms with E-state index in [4.69, 9.17) is 11.6 Å². The highest BCUT2D eigenvalue weighted by atomic mass is 35.5. The van der Waals surface area contributed by atoms with Crippen LogP contribution in [0.4, 0.5) is 4.39 Å². The van der Waals surface area contributed by atoms with Crippen LogP contribution in [0.1, 0.15) is 51.8 Å². The molecule has 3 rings (SSSR count). The Hall–Kier alpha value is -2.93. The maximum atomic E-state index is 13.2. The molecule has 0 unspecified atom stereocenters. The molecule has 1 N–H and O–H groups in total. The third kappa shape index (κ3) is 5.61. The molecular formula is C23H25ClFN3O3. The van der Waals surface area contributed by atoms with Crippen LogP contribution in [0.5, 0.6) is 0 Å². The Morgan fingerprint density at radius 3 is 1.90 bits per heavy atom. The molecule has 1 fully saturated rings. The smallest absolute Gasteiger partial charge is 0.255 e. The highest BCUT2D eigenvalue weighted by molar-refractivity contribution is 6.33. The molecule has 3 amide bonds. The lowest BCUT2D eigenvalue weighted by Gasteiger charge is -2.35. The summed E-state index contributed by atoms with van der Waals surface area (Å²) in [6.07, 6.45) is 0. The molecule has 0 atom stereocenters. The van der Waals surface area contributed by atoms with Gasteiger partial charge in [-0.05, 0) is 63.2 Å². The van der Waals surface area contributed by atoms with E-state index in [9.17, 15) is 18.8 Å².